The first-order valence-electron chi connectivity index (χ1n) is 13.6. The Balaban J connectivity index is 1.32. The van der Waals surface area contributed by atoms with Crippen molar-refractivity contribution < 1.29 is 34.0 Å². The van der Waals surface area contributed by atoms with Gasteiger partial charge in [-0.3, -0.25) is 9.59 Å². The van der Waals surface area contributed by atoms with Gasteiger partial charge in [0.05, 0.1) is 26.7 Å². The van der Waals surface area contributed by atoms with Gasteiger partial charge in [0.25, 0.3) is 0 Å². The average molecular weight is 558 g/mol. The lowest BCUT2D eigenvalue weighted by atomic mass is 10.0. The summed E-state index contributed by atoms with van der Waals surface area (Å²) in [4.78, 5) is 22.5. The third-order valence-electron chi connectivity index (χ3n) is 6.62. The number of hydrogen-bond donors (Lipinski definition) is 2. The summed E-state index contributed by atoms with van der Waals surface area (Å²) < 4.78 is 18.7. The zero-order valence-corrected chi connectivity index (χ0v) is 23.1. The van der Waals surface area contributed by atoms with Crippen LogP contribution in [-0.2, 0) is 22.6 Å². The molecule has 0 unspecified atom stereocenters. The Labute approximate surface area is 239 Å². The van der Waals surface area contributed by atoms with E-state index >= 15 is 0 Å². The lowest BCUT2D eigenvalue weighted by molar-refractivity contribution is -0.137. The number of benzene rings is 3. The summed E-state index contributed by atoms with van der Waals surface area (Å²) >= 11 is 0. The minimum absolute atomic E-state index is 0.0617. The van der Waals surface area contributed by atoms with Crippen molar-refractivity contribution in [1.82, 2.24) is 4.57 Å². The van der Waals surface area contributed by atoms with E-state index in [0.717, 1.165) is 52.1 Å². The van der Waals surface area contributed by atoms with Crippen LogP contribution < -0.4 is 14.2 Å². The maximum absolute atomic E-state index is 11.5. The molecule has 0 saturated heterocycles. The lowest BCUT2D eigenvalue weighted by Crippen LogP contribution is -2.02. The maximum atomic E-state index is 11.5. The van der Waals surface area contributed by atoms with E-state index in [1.807, 2.05) is 89.6 Å². The summed E-state index contributed by atoms with van der Waals surface area (Å²) in [5, 5.41) is 19.3. The molecule has 0 atom stereocenters. The second kappa shape index (κ2) is 14.6. The molecule has 1 heterocycles. The smallest absolute Gasteiger partial charge is 0.307 e. The first kappa shape index (κ1) is 29.3. The van der Waals surface area contributed by atoms with Crippen LogP contribution in [0.5, 0.6) is 17.2 Å². The number of unbranched alkanes of at least 4 members (excludes halogenated alkanes) is 1. The number of carbonyl (C=O) groups is 2. The minimum Gasteiger partial charge on any atom is -0.497 e. The van der Waals surface area contributed by atoms with Crippen LogP contribution in [0.25, 0.3) is 23.1 Å². The van der Waals surface area contributed by atoms with Gasteiger partial charge >= 0.3 is 11.9 Å². The molecule has 0 saturated carbocycles. The lowest BCUT2D eigenvalue weighted by Gasteiger charge is -2.08. The molecule has 214 valence electrons. The van der Waals surface area contributed by atoms with E-state index in [4.69, 9.17) is 19.3 Å². The maximum Gasteiger partial charge on any atom is 0.307 e. The van der Waals surface area contributed by atoms with Crippen molar-refractivity contribution in [1.29, 1.82) is 0 Å². The molecule has 8 nitrogen and oxygen atoms in total. The summed E-state index contributed by atoms with van der Waals surface area (Å²) in [6.45, 7) is 1.72. The number of fused-ring (bicyclic) bond motifs is 1. The molecule has 4 aromatic rings. The molecule has 3 aromatic carbocycles. The number of methoxy groups -OCH3 is 1. The summed E-state index contributed by atoms with van der Waals surface area (Å²) in [7, 11) is 1.64. The van der Waals surface area contributed by atoms with Crippen LogP contribution in [0.2, 0.25) is 0 Å². The van der Waals surface area contributed by atoms with Crippen LogP contribution in [-0.4, -0.2) is 47.0 Å². The topological polar surface area (TPSA) is 107 Å². The molecular formula is C33H35NO7. The van der Waals surface area contributed by atoms with E-state index in [2.05, 4.69) is 0 Å². The van der Waals surface area contributed by atoms with E-state index in [9.17, 15) is 14.7 Å². The first-order chi connectivity index (χ1) is 19.9. The van der Waals surface area contributed by atoms with Crippen molar-refractivity contribution in [2.24, 2.45) is 0 Å². The zero-order chi connectivity index (χ0) is 29.0. The van der Waals surface area contributed by atoms with Gasteiger partial charge in [0.15, 0.2) is 0 Å². The Morgan fingerprint density at radius 3 is 2.02 bits per heavy atom. The van der Waals surface area contributed by atoms with Gasteiger partial charge in [0, 0.05) is 30.1 Å². The second-order valence-electron chi connectivity index (χ2n) is 9.64. The molecule has 8 heteroatoms. The van der Waals surface area contributed by atoms with Gasteiger partial charge in [-0.25, -0.2) is 0 Å². The van der Waals surface area contributed by atoms with Gasteiger partial charge < -0.3 is 29.0 Å². The zero-order valence-electron chi connectivity index (χ0n) is 23.1. The second-order valence-corrected chi connectivity index (χ2v) is 9.64. The molecule has 0 aliphatic rings. The predicted molar refractivity (Wildman–Crippen MR) is 159 cm³/mol. The van der Waals surface area contributed by atoms with Crippen molar-refractivity contribution in [2.45, 2.75) is 38.6 Å². The van der Waals surface area contributed by atoms with E-state index in [-0.39, 0.29) is 12.8 Å². The highest BCUT2D eigenvalue weighted by Crippen LogP contribution is 2.28. The van der Waals surface area contributed by atoms with Crippen LogP contribution in [0.15, 0.2) is 72.9 Å². The van der Waals surface area contributed by atoms with Gasteiger partial charge in [-0.1, -0.05) is 36.4 Å². The molecule has 4 rings (SSSR count). The molecule has 0 radical (unpaired) electrons. The Kier molecular flexibility index (Phi) is 10.4. The third-order valence-corrected chi connectivity index (χ3v) is 6.62. The summed E-state index contributed by atoms with van der Waals surface area (Å²) in [5.41, 5.74) is 3.50. The molecule has 1 aromatic heterocycles. The molecule has 41 heavy (non-hydrogen) atoms. The Morgan fingerprint density at radius 2 is 1.41 bits per heavy atom. The molecule has 0 spiro atoms. The Bertz CT molecular complexity index is 1470. The van der Waals surface area contributed by atoms with E-state index < -0.39 is 11.9 Å². The van der Waals surface area contributed by atoms with Gasteiger partial charge in [0.1, 0.15) is 17.2 Å². The fraction of sp³-hybridized carbons (Fsp3) is 0.273. The summed E-state index contributed by atoms with van der Waals surface area (Å²) in [6, 6.07) is 21.2. The first-order valence-corrected chi connectivity index (χ1v) is 13.6. The monoisotopic (exact) mass is 557 g/mol. The Morgan fingerprint density at radius 1 is 0.780 bits per heavy atom. The minimum atomic E-state index is -0.909. The molecule has 2 N–H and O–H groups in total. The van der Waals surface area contributed by atoms with Gasteiger partial charge in [0.2, 0.25) is 0 Å². The molecule has 0 bridgehead atoms. The number of rotatable bonds is 16. The standard InChI is InChI=1S/C33H35NO7/c1-39-27-15-17-29(18-16-27)41-21-3-2-20-40-28-13-10-24(11-14-28)9-12-25-6-4-7-30-33(25)26(22-32(37)38)23-34(30)19-5-8-31(35)36/h4,6-7,9-18,23H,2-3,5,8,19-22H2,1H3,(H,35,36)(H,37,38). The normalized spacial score (nSPS) is 11.1. The number of aliphatic carboxylic acids is 2. The van der Waals surface area contributed by atoms with Crippen molar-refractivity contribution in [2.75, 3.05) is 20.3 Å². The van der Waals surface area contributed by atoms with Crippen molar-refractivity contribution >= 4 is 35.0 Å². The predicted octanol–water partition coefficient (Wildman–Crippen LogP) is 6.55. The van der Waals surface area contributed by atoms with Gasteiger partial charge in [-0.2, -0.15) is 0 Å². The van der Waals surface area contributed by atoms with Crippen LogP contribution >= 0.6 is 0 Å². The van der Waals surface area contributed by atoms with Gasteiger partial charge in [-0.05, 0) is 78.4 Å². The van der Waals surface area contributed by atoms with E-state index in [1.54, 1.807) is 7.11 Å². The highest BCUT2D eigenvalue weighted by Gasteiger charge is 2.14. The number of nitrogens with zero attached hydrogens (tertiary/aromatic N) is 1. The fourth-order valence-corrected chi connectivity index (χ4v) is 4.61. The van der Waals surface area contributed by atoms with Crippen molar-refractivity contribution in [3.05, 3.63) is 89.6 Å². The summed E-state index contributed by atoms with van der Waals surface area (Å²) in [6.07, 6.45) is 7.97. The molecular weight excluding hydrogens is 522 g/mol. The molecule has 0 amide bonds. The Hall–Kier alpha value is -4.72. The third kappa shape index (κ3) is 8.63. The van der Waals surface area contributed by atoms with Crippen molar-refractivity contribution in [3.63, 3.8) is 0 Å². The molecule has 0 aliphatic carbocycles. The average Bonchev–Trinajstić information content (AvgIpc) is 3.31. The van der Waals surface area contributed by atoms with Crippen LogP contribution in [0.1, 0.15) is 42.4 Å². The van der Waals surface area contributed by atoms with Gasteiger partial charge in [-0.15, -0.1) is 0 Å². The van der Waals surface area contributed by atoms with Crippen molar-refractivity contribution in [3.8, 4) is 17.2 Å². The number of carboxylic acid groups (broad SMARTS) is 2. The largest absolute Gasteiger partial charge is 0.497 e. The van der Waals surface area contributed by atoms with Crippen LogP contribution in [0.3, 0.4) is 0 Å². The number of ether oxygens (including phenoxy) is 3. The van der Waals surface area contributed by atoms with E-state index in [0.29, 0.717) is 31.7 Å². The summed E-state index contributed by atoms with van der Waals surface area (Å²) in [5.74, 6) is 0.660. The number of carboxylic acids is 2. The highest BCUT2D eigenvalue weighted by molar-refractivity contribution is 5.96. The highest BCUT2D eigenvalue weighted by atomic mass is 16.5. The molecule has 0 fully saturated rings. The number of hydrogen-bond acceptors (Lipinski definition) is 5. The SMILES string of the molecule is COc1ccc(OCCCCOc2ccc(C=Cc3cccc4c3c(CC(=O)O)cn4CCCC(=O)O)cc2)cc1. The fourth-order valence-electron chi connectivity index (χ4n) is 4.61. The van der Waals surface area contributed by atoms with E-state index in [1.165, 1.54) is 0 Å². The number of aryl methyl sites for hydroxylation is 1. The molecule has 0 aliphatic heterocycles. The van der Waals surface area contributed by atoms with Crippen LogP contribution in [0.4, 0.5) is 0 Å². The van der Waals surface area contributed by atoms with Crippen LogP contribution in [0, 0.1) is 0 Å². The number of aromatic nitrogens is 1. The quantitative estimate of drug-likeness (QED) is 0.119.